The van der Waals surface area contributed by atoms with E-state index in [0.29, 0.717) is 24.7 Å². The number of carbonyl (C=O) groups is 1. The van der Waals surface area contributed by atoms with E-state index in [1.807, 2.05) is 0 Å². The molecule has 3 N–H and O–H groups in total. The molecule has 2 fully saturated rings. The van der Waals surface area contributed by atoms with Crippen LogP contribution in [0.1, 0.15) is 75.9 Å². The molecule has 0 aliphatic heterocycles. The molecule has 2 aliphatic rings. The summed E-state index contributed by atoms with van der Waals surface area (Å²) < 4.78 is 5.21. The smallest absolute Gasteiger partial charge is 0.246 e. The highest BCUT2D eigenvalue weighted by Crippen LogP contribution is 2.34. The van der Waals surface area contributed by atoms with Gasteiger partial charge in [0.1, 0.15) is 0 Å². The molecule has 2 saturated carbocycles. The summed E-state index contributed by atoms with van der Waals surface area (Å²) in [5, 5.41) is 6.86. The van der Waals surface area contributed by atoms with Crippen molar-refractivity contribution >= 4 is 5.91 Å². The lowest BCUT2D eigenvalue weighted by Gasteiger charge is -2.17. The zero-order chi connectivity index (χ0) is 15.4. The summed E-state index contributed by atoms with van der Waals surface area (Å²) in [7, 11) is 0. The normalized spacial score (nSPS) is 21.3. The Morgan fingerprint density at radius 1 is 1.27 bits per heavy atom. The lowest BCUT2D eigenvalue weighted by atomic mass is 9.99. The average Bonchev–Trinajstić information content (AvgIpc) is 3.24. The summed E-state index contributed by atoms with van der Waals surface area (Å²) >= 11 is 0. The van der Waals surface area contributed by atoms with Gasteiger partial charge in [0.05, 0.1) is 12.1 Å². The third-order valence-corrected chi connectivity index (χ3v) is 5.10. The second-order valence-electron chi connectivity index (χ2n) is 6.84. The Kier molecular flexibility index (Phi) is 4.76. The Balaban J connectivity index is 1.43. The molecule has 0 unspecified atom stereocenters. The Labute approximate surface area is 131 Å². The molecule has 0 saturated heterocycles. The summed E-state index contributed by atoms with van der Waals surface area (Å²) in [6.45, 7) is 0.298. The van der Waals surface area contributed by atoms with Gasteiger partial charge in [0.15, 0.2) is 5.82 Å². The number of nitrogens with two attached hydrogens (primary N) is 1. The van der Waals surface area contributed by atoms with Crippen LogP contribution in [0.2, 0.25) is 0 Å². The second-order valence-corrected chi connectivity index (χ2v) is 6.84. The van der Waals surface area contributed by atoms with Crippen LogP contribution in [0, 0.1) is 5.92 Å². The first-order valence-electron chi connectivity index (χ1n) is 8.54. The molecule has 1 aromatic heterocycles. The number of aromatic nitrogens is 2. The minimum Gasteiger partial charge on any atom is -0.347 e. The number of hydrogen-bond acceptors (Lipinski definition) is 5. The fourth-order valence-corrected chi connectivity index (χ4v) is 3.66. The molecule has 22 heavy (non-hydrogen) atoms. The van der Waals surface area contributed by atoms with Crippen molar-refractivity contribution in [1.82, 2.24) is 15.5 Å². The monoisotopic (exact) mass is 306 g/mol. The van der Waals surface area contributed by atoms with Crippen LogP contribution in [0.15, 0.2) is 4.52 Å². The van der Waals surface area contributed by atoms with Crippen molar-refractivity contribution in [2.24, 2.45) is 11.7 Å². The van der Waals surface area contributed by atoms with Gasteiger partial charge in [-0.2, -0.15) is 4.98 Å². The first-order valence-corrected chi connectivity index (χ1v) is 8.54. The van der Waals surface area contributed by atoms with Crippen molar-refractivity contribution in [1.29, 1.82) is 0 Å². The number of hydrogen-bond donors (Lipinski definition) is 2. The molecule has 0 aromatic carbocycles. The van der Waals surface area contributed by atoms with Crippen molar-refractivity contribution in [3.8, 4) is 0 Å². The van der Waals surface area contributed by atoms with Crippen molar-refractivity contribution in [3.63, 3.8) is 0 Å². The summed E-state index contributed by atoms with van der Waals surface area (Å²) in [4.78, 5) is 16.2. The maximum absolute atomic E-state index is 11.9. The highest BCUT2D eigenvalue weighted by molar-refractivity contribution is 5.75. The molecular formula is C16H26N4O2. The van der Waals surface area contributed by atoms with Crippen LogP contribution >= 0.6 is 0 Å². The van der Waals surface area contributed by atoms with Gasteiger partial charge in [-0.3, -0.25) is 4.79 Å². The van der Waals surface area contributed by atoms with Gasteiger partial charge in [-0.05, 0) is 25.2 Å². The van der Waals surface area contributed by atoms with Crippen LogP contribution in [-0.4, -0.2) is 16.0 Å². The minimum absolute atomic E-state index is 0.0648. The number of nitrogens with one attached hydrogen (secondary N) is 1. The van der Waals surface area contributed by atoms with Gasteiger partial charge in [-0.1, -0.05) is 43.7 Å². The van der Waals surface area contributed by atoms with Crippen molar-refractivity contribution < 1.29 is 9.32 Å². The van der Waals surface area contributed by atoms with Gasteiger partial charge in [0.2, 0.25) is 11.8 Å². The van der Waals surface area contributed by atoms with Crippen molar-refractivity contribution in [3.05, 3.63) is 11.7 Å². The maximum atomic E-state index is 11.9. The molecule has 3 rings (SSSR count). The standard InChI is InChI=1S/C16H26N4O2/c17-16(9-3-4-10-16)15-19-14(22-20-15)11-18-13(21)8-7-12-5-1-2-6-12/h12H,1-11,17H2,(H,18,21). The molecule has 1 heterocycles. The fourth-order valence-electron chi connectivity index (χ4n) is 3.66. The Hall–Kier alpha value is -1.43. The van der Waals surface area contributed by atoms with E-state index >= 15 is 0 Å². The van der Waals surface area contributed by atoms with E-state index in [2.05, 4.69) is 15.5 Å². The van der Waals surface area contributed by atoms with E-state index in [-0.39, 0.29) is 5.91 Å². The molecule has 122 valence electrons. The van der Waals surface area contributed by atoms with Crippen LogP contribution in [0.25, 0.3) is 0 Å². The minimum atomic E-state index is -0.436. The molecule has 0 spiro atoms. The fraction of sp³-hybridized carbons (Fsp3) is 0.812. The molecule has 0 bridgehead atoms. The second kappa shape index (κ2) is 6.77. The van der Waals surface area contributed by atoms with Crippen LogP contribution in [0.4, 0.5) is 0 Å². The predicted octanol–water partition coefficient (Wildman–Crippen LogP) is 2.38. The quantitative estimate of drug-likeness (QED) is 0.841. The maximum Gasteiger partial charge on any atom is 0.246 e. The van der Waals surface area contributed by atoms with Crippen LogP contribution < -0.4 is 11.1 Å². The number of carbonyl (C=O) groups excluding carboxylic acids is 1. The molecule has 6 heteroatoms. The zero-order valence-electron chi connectivity index (χ0n) is 13.1. The number of rotatable bonds is 6. The Morgan fingerprint density at radius 2 is 2.00 bits per heavy atom. The van der Waals surface area contributed by atoms with Gasteiger partial charge < -0.3 is 15.6 Å². The third-order valence-electron chi connectivity index (χ3n) is 5.10. The van der Waals surface area contributed by atoms with Gasteiger partial charge >= 0.3 is 0 Å². The van der Waals surface area contributed by atoms with E-state index in [1.165, 1.54) is 25.7 Å². The van der Waals surface area contributed by atoms with E-state index in [0.717, 1.165) is 38.0 Å². The predicted molar refractivity (Wildman–Crippen MR) is 81.7 cm³/mol. The molecule has 0 radical (unpaired) electrons. The zero-order valence-corrected chi connectivity index (χ0v) is 13.1. The topological polar surface area (TPSA) is 94.0 Å². The molecule has 1 amide bonds. The van der Waals surface area contributed by atoms with E-state index in [4.69, 9.17) is 10.3 Å². The average molecular weight is 306 g/mol. The van der Waals surface area contributed by atoms with Crippen molar-refractivity contribution in [2.45, 2.75) is 76.3 Å². The molecular weight excluding hydrogens is 280 g/mol. The summed E-state index contributed by atoms with van der Waals surface area (Å²) in [6, 6.07) is 0. The van der Waals surface area contributed by atoms with Gasteiger partial charge in [-0.15, -0.1) is 0 Å². The summed E-state index contributed by atoms with van der Waals surface area (Å²) in [6.07, 6.45) is 10.8. The number of nitrogens with zero attached hydrogens (tertiary/aromatic N) is 2. The van der Waals surface area contributed by atoms with E-state index in [9.17, 15) is 4.79 Å². The van der Waals surface area contributed by atoms with Crippen LogP contribution in [-0.2, 0) is 16.9 Å². The molecule has 1 aromatic rings. The largest absolute Gasteiger partial charge is 0.347 e. The van der Waals surface area contributed by atoms with Gasteiger partial charge in [0.25, 0.3) is 0 Å². The number of amides is 1. The SMILES string of the molecule is NC1(c2noc(CNC(=O)CCC3CCCC3)n2)CCCC1. The Bertz CT molecular complexity index is 502. The first kappa shape index (κ1) is 15.5. The summed E-state index contributed by atoms with van der Waals surface area (Å²) in [5.74, 6) is 1.83. The van der Waals surface area contributed by atoms with E-state index < -0.39 is 5.54 Å². The Morgan fingerprint density at radius 3 is 2.73 bits per heavy atom. The van der Waals surface area contributed by atoms with Gasteiger partial charge in [-0.25, -0.2) is 0 Å². The highest BCUT2D eigenvalue weighted by atomic mass is 16.5. The third kappa shape index (κ3) is 3.66. The van der Waals surface area contributed by atoms with Gasteiger partial charge in [0, 0.05) is 6.42 Å². The van der Waals surface area contributed by atoms with Crippen molar-refractivity contribution in [2.75, 3.05) is 0 Å². The van der Waals surface area contributed by atoms with Crippen LogP contribution in [0.3, 0.4) is 0 Å². The lowest BCUT2D eigenvalue weighted by Crippen LogP contribution is -2.34. The van der Waals surface area contributed by atoms with Crippen LogP contribution in [0.5, 0.6) is 0 Å². The summed E-state index contributed by atoms with van der Waals surface area (Å²) in [5.41, 5.74) is 5.86. The van der Waals surface area contributed by atoms with E-state index in [1.54, 1.807) is 0 Å². The highest BCUT2D eigenvalue weighted by Gasteiger charge is 2.35. The molecule has 2 aliphatic carbocycles. The molecule has 6 nitrogen and oxygen atoms in total. The lowest BCUT2D eigenvalue weighted by molar-refractivity contribution is -0.121. The molecule has 0 atom stereocenters. The first-order chi connectivity index (χ1) is 10.7.